The quantitative estimate of drug-likeness (QED) is 0.437. The Morgan fingerprint density at radius 2 is 1.73 bits per heavy atom. The van der Waals surface area contributed by atoms with Crippen molar-refractivity contribution in [3.8, 4) is 0 Å². The molecule has 0 unspecified atom stereocenters. The molecule has 0 aliphatic heterocycles. The van der Waals surface area contributed by atoms with Gasteiger partial charge in [-0.1, -0.05) is 37.3 Å². The molecule has 30 heavy (non-hydrogen) atoms. The molecule has 0 atom stereocenters. The number of methoxy groups -OCH3 is 1. The molecule has 6 heteroatoms. The van der Waals surface area contributed by atoms with Crippen molar-refractivity contribution in [1.82, 2.24) is 9.47 Å². The number of benzene rings is 1. The zero-order chi connectivity index (χ0) is 22.3. The van der Waals surface area contributed by atoms with Crippen molar-refractivity contribution in [2.45, 2.75) is 53.5 Å². The van der Waals surface area contributed by atoms with E-state index < -0.39 is 5.97 Å². The summed E-state index contributed by atoms with van der Waals surface area (Å²) < 4.78 is 6.71. The van der Waals surface area contributed by atoms with E-state index in [-0.39, 0.29) is 18.2 Å². The second-order valence-corrected chi connectivity index (χ2v) is 7.39. The lowest BCUT2D eigenvalue weighted by Gasteiger charge is -2.22. The average Bonchev–Trinajstić information content (AvgIpc) is 3.01. The molecule has 0 aliphatic rings. The molecule has 1 aromatic heterocycles. The third-order valence-corrected chi connectivity index (χ3v) is 5.39. The van der Waals surface area contributed by atoms with Gasteiger partial charge in [-0.3, -0.25) is 9.59 Å². The van der Waals surface area contributed by atoms with Gasteiger partial charge in [0.05, 0.1) is 13.7 Å². The SMILES string of the molecule is CCCN(CC(=O)c1c(C)c(C(=O)OC)n(CC)c1C)C(=O)CCc1ccccc1. The smallest absolute Gasteiger partial charge is 0.354 e. The fourth-order valence-corrected chi connectivity index (χ4v) is 3.93. The maximum Gasteiger partial charge on any atom is 0.354 e. The summed E-state index contributed by atoms with van der Waals surface area (Å²) in [6.07, 6.45) is 1.77. The lowest BCUT2D eigenvalue weighted by molar-refractivity contribution is -0.130. The van der Waals surface area contributed by atoms with Gasteiger partial charge in [0.2, 0.25) is 5.91 Å². The predicted molar refractivity (Wildman–Crippen MR) is 117 cm³/mol. The number of ketones is 1. The fourth-order valence-electron chi connectivity index (χ4n) is 3.93. The van der Waals surface area contributed by atoms with Crippen LogP contribution in [0.3, 0.4) is 0 Å². The van der Waals surface area contributed by atoms with E-state index in [1.54, 1.807) is 16.4 Å². The monoisotopic (exact) mass is 412 g/mol. The number of Topliss-reactive ketones (excluding diaryl/α,β-unsaturated/α-hetero) is 1. The number of carbonyl (C=O) groups is 3. The van der Waals surface area contributed by atoms with Crippen LogP contribution in [-0.2, 0) is 22.5 Å². The summed E-state index contributed by atoms with van der Waals surface area (Å²) in [6.45, 7) is 8.59. The van der Waals surface area contributed by atoms with Crippen LogP contribution in [0, 0.1) is 13.8 Å². The van der Waals surface area contributed by atoms with Crippen LogP contribution in [-0.4, -0.2) is 47.3 Å². The number of ether oxygens (including phenoxy) is 1. The molecule has 0 aliphatic carbocycles. The number of aryl methyl sites for hydroxylation is 1. The zero-order valence-corrected chi connectivity index (χ0v) is 18.7. The van der Waals surface area contributed by atoms with Gasteiger partial charge in [0, 0.05) is 30.8 Å². The van der Waals surface area contributed by atoms with Gasteiger partial charge >= 0.3 is 5.97 Å². The number of carbonyl (C=O) groups excluding carboxylic acids is 3. The van der Waals surface area contributed by atoms with Crippen molar-refractivity contribution < 1.29 is 19.1 Å². The summed E-state index contributed by atoms with van der Waals surface area (Å²) in [4.78, 5) is 39.9. The van der Waals surface area contributed by atoms with Crippen molar-refractivity contribution in [3.63, 3.8) is 0 Å². The summed E-state index contributed by atoms with van der Waals surface area (Å²) >= 11 is 0. The topological polar surface area (TPSA) is 68.6 Å². The van der Waals surface area contributed by atoms with Gasteiger partial charge in [0.25, 0.3) is 0 Å². The minimum atomic E-state index is -0.458. The Morgan fingerprint density at radius 1 is 1.07 bits per heavy atom. The Balaban J connectivity index is 2.21. The number of rotatable bonds is 10. The molecule has 2 aromatic rings. The molecule has 1 aromatic carbocycles. The third kappa shape index (κ3) is 5.17. The minimum Gasteiger partial charge on any atom is -0.464 e. The summed E-state index contributed by atoms with van der Waals surface area (Å²) in [5.74, 6) is -0.641. The standard InChI is InChI=1S/C24H32N2O4/c1-6-15-25(21(28)14-13-19-11-9-8-10-12-19)16-20(27)22-17(3)23(24(29)30-5)26(7-2)18(22)4/h8-12H,6-7,13-16H2,1-5H3. The van der Waals surface area contributed by atoms with E-state index in [0.717, 1.165) is 17.7 Å². The number of esters is 1. The van der Waals surface area contributed by atoms with Gasteiger partial charge in [-0.25, -0.2) is 4.79 Å². The molecule has 6 nitrogen and oxygen atoms in total. The van der Waals surface area contributed by atoms with Crippen molar-refractivity contribution >= 4 is 17.7 Å². The van der Waals surface area contributed by atoms with E-state index in [2.05, 4.69) is 0 Å². The van der Waals surface area contributed by atoms with Crippen LogP contribution in [0.4, 0.5) is 0 Å². The third-order valence-electron chi connectivity index (χ3n) is 5.39. The van der Waals surface area contributed by atoms with E-state index in [0.29, 0.717) is 42.8 Å². The van der Waals surface area contributed by atoms with Crippen LogP contribution >= 0.6 is 0 Å². The highest BCUT2D eigenvalue weighted by molar-refractivity contribution is 6.04. The number of hydrogen-bond donors (Lipinski definition) is 0. The molecule has 1 heterocycles. The molecular formula is C24H32N2O4. The first kappa shape index (κ1) is 23.4. The molecule has 0 saturated carbocycles. The summed E-state index contributed by atoms with van der Waals surface area (Å²) in [5.41, 5.74) is 3.35. The molecule has 0 fully saturated rings. The summed E-state index contributed by atoms with van der Waals surface area (Å²) in [5, 5.41) is 0. The first-order valence-electron chi connectivity index (χ1n) is 10.5. The van der Waals surface area contributed by atoms with Gasteiger partial charge in [-0.2, -0.15) is 0 Å². The fraction of sp³-hybridized carbons (Fsp3) is 0.458. The molecule has 0 N–H and O–H groups in total. The van der Waals surface area contributed by atoms with Crippen LogP contribution < -0.4 is 0 Å². The van der Waals surface area contributed by atoms with Crippen LogP contribution in [0.1, 0.15) is 64.4 Å². The van der Waals surface area contributed by atoms with Crippen molar-refractivity contribution in [3.05, 3.63) is 58.4 Å². The Morgan fingerprint density at radius 3 is 2.30 bits per heavy atom. The maximum absolute atomic E-state index is 13.2. The Kier molecular flexibility index (Phi) is 8.39. The second kappa shape index (κ2) is 10.8. The maximum atomic E-state index is 13.2. The average molecular weight is 413 g/mol. The molecular weight excluding hydrogens is 380 g/mol. The highest BCUT2D eigenvalue weighted by Crippen LogP contribution is 2.24. The second-order valence-electron chi connectivity index (χ2n) is 7.39. The Hall–Kier alpha value is -2.89. The Bertz CT molecular complexity index is 900. The summed E-state index contributed by atoms with van der Waals surface area (Å²) in [7, 11) is 1.33. The lowest BCUT2D eigenvalue weighted by Crippen LogP contribution is -2.36. The zero-order valence-electron chi connectivity index (χ0n) is 18.7. The highest BCUT2D eigenvalue weighted by Gasteiger charge is 2.27. The van der Waals surface area contributed by atoms with E-state index in [4.69, 9.17) is 4.74 Å². The molecule has 0 spiro atoms. The van der Waals surface area contributed by atoms with Gasteiger partial charge in [0.1, 0.15) is 5.69 Å². The van der Waals surface area contributed by atoms with Gasteiger partial charge in [-0.15, -0.1) is 0 Å². The van der Waals surface area contributed by atoms with Gasteiger partial charge in [0.15, 0.2) is 5.78 Å². The lowest BCUT2D eigenvalue weighted by atomic mass is 10.0. The first-order valence-corrected chi connectivity index (χ1v) is 10.5. The molecule has 162 valence electrons. The van der Waals surface area contributed by atoms with E-state index in [9.17, 15) is 14.4 Å². The molecule has 2 rings (SSSR count). The molecule has 0 saturated heterocycles. The van der Waals surface area contributed by atoms with Crippen LogP contribution in [0.5, 0.6) is 0 Å². The Labute approximate surface area is 178 Å². The van der Waals surface area contributed by atoms with Crippen LogP contribution in [0.25, 0.3) is 0 Å². The van der Waals surface area contributed by atoms with E-state index in [1.165, 1.54) is 7.11 Å². The van der Waals surface area contributed by atoms with Crippen molar-refractivity contribution in [2.75, 3.05) is 20.2 Å². The van der Waals surface area contributed by atoms with Crippen molar-refractivity contribution in [2.24, 2.45) is 0 Å². The first-order chi connectivity index (χ1) is 14.3. The number of nitrogens with zero attached hydrogens (tertiary/aromatic N) is 2. The highest BCUT2D eigenvalue weighted by atomic mass is 16.5. The largest absolute Gasteiger partial charge is 0.464 e. The predicted octanol–water partition coefficient (Wildman–Crippen LogP) is 3.97. The van der Waals surface area contributed by atoms with E-state index >= 15 is 0 Å². The number of hydrogen-bond acceptors (Lipinski definition) is 4. The minimum absolute atomic E-state index is 0.0114. The summed E-state index contributed by atoms with van der Waals surface area (Å²) in [6, 6.07) is 9.85. The molecule has 0 bridgehead atoms. The number of aromatic nitrogens is 1. The van der Waals surface area contributed by atoms with E-state index in [1.807, 2.05) is 51.1 Å². The normalized spacial score (nSPS) is 10.7. The molecule has 1 amide bonds. The molecule has 0 radical (unpaired) electrons. The van der Waals surface area contributed by atoms with Crippen LogP contribution in [0.2, 0.25) is 0 Å². The number of amides is 1. The van der Waals surface area contributed by atoms with Gasteiger partial charge < -0.3 is 14.2 Å². The van der Waals surface area contributed by atoms with Crippen LogP contribution in [0.15, 0.2) is 30.3 Å². The van der Waals surface area contributed by atoms with Gasteiger partial charge in [-0.05, 0) is 44.7 Å². The van der Waals surface area contributed by atoms with Crippen molar-refractivity contribution in [1.29, 1.82) is 0 Å².